The third-order valence-electron chi connectivity index (χ3n) is 2.05. The number of rotatable bonds is 6. The molecule has 0 saturated heterocycles. The zero-order valence-electron chi connectivity index (χ0n) is 9.25. The van der Waals surface area contributed by atoms with Crippen molar-refractivity contribution >= 4 is 11.6 Å². The minimum atomic E-state index is 0.531. The van der Waals surface area contributed by atoms with Gasteiger partial charge in [0.2, 0.25) is 0 Å². The Kier molecular flexibility index (Phi) is 5.51. The predicted octanol–water partition coefficient (Wildman–Crippen LogP) is 2.94. The monoisotopic (exact) mass is 228 g/mol. The molecule has 0 aromatic heterocycles. The Bertz CT molecular complexity index is 300. The van der Waals surface area contributed by atoms with Crippen LogP contribution in [0, 0.1) is 13.8 Å². The Balaban J connectivity index is 2.33. The van der Waals surface area contributed by atoms with E-state index in [0.717, 1.165) is 11.3 Å². The Morgan fingerprint density at radius 3 is 2.67 bits per heavy atom. The first kappa shape index (κ1) is 12.3. The van der Waals surface area contributed by atoms with Crippen molar-refractivity contribution in [2.24, 2.45) is 0 Å². The van der Waals surface area contributed by atoms with Gasteiger partial charge in [-0.05, 0) is 31.0 Å². The van der Waals surface area contributed by atoms with Crippen LogP contribution in [-0.2, 0) is 4.74 Å². The normalized spacial score (nSPS) is 10.3. The molecule has 15 heavy (non-hydrogen) atoms. The van der Waals surface area contributed by atoms with E-state index in [-0.39, 0.29) is 0 Å². The quantitative estimate of drug-likeness (QED) is 0.551. The van der Waals surface area contributed by atoms with E-state index in [2.05, 4.69) is 19.1 Å². The molecule has 0 saturated carbocycles. The number of hydrogen-bond donors (Lipinski definition) is 0. The van der Waals surface area contributed by atoms with Crippen molar-refractivity contribution in [1.82, 2.24) is 0 Å². The summed E-state index contributed by atoms with van der Waals surface area (Å²) in [4.78, 5) is 0. The number of alkyl halides is 1. The molecule has 84 valence electrons. The molecule has 0 unspecified atom stereocenters. The lowest BCUT2D eigenvalue weighted by Gasteiger charge is -2.09. The van der Waals surface area contributed by atoms with Gasteiger partial charge >= 0.3 is 0 Å². The van der Waals surface area contributed by atoms with Gasteiger partial charge in [-0.1, -0.05) is 12.1 Å². The Morgan fingerprint density at radius 1 is 1.13 bits per heavy atom. The van der Waals surface area contributed by atoms with E-state index in [1.165, 1.54) is 5.56 Å². The molecule has 2 nitrogen and oxygen atoms in total. The number of ether oxygens (including phenoxy) is 2. The van der Waals surface area contributed by atoms with Crippen LogP contribution in [0.2, 0.25) is 0 Å². The van der Waals surface area contributed by atoms with E-state index in [1.54, 1.807) is 0 Å². The van der Waals surface area contributed by atoms with Crippen molar-refractivity contribution in [2.75, 3.05) is 25.7 Å². The van der Waals surface area contributed by atoms with Gasteiger partial charge in [-0.25, -0.2) is 0 Å². The highest BCUT2D eigenvalue weighted by atomic mass is 35.5. The lowest BCUT2D eigenvalue weighted by atomic mass is 10.1. The lowest BCUT2D eigenvalue weighted by Crippen LogP contribution is -2.08. The molecule has 1 rings (SSSR count). The van der Waals surface area contributed by atoms with Crippen molar-refractivity contribution in [3.63, 3.8) is 0 Å². The standard InChI is InChI=1S/C12H17ClO2/c1-10-3-4-11(2)12(9-10)15-8-7-14-6-5-13/h3-4,9H,5-8H2,1-2H3. The largest absolute Gasteiger partial charge is 0.491 e. The van der Waals surface area contributed by atoms with Gasteiger partial charge in [0.1, 0.15) is 12.4 Å². The van der Waals surface area contributed by atoms with Crippen molar-refractivity contribution in [1.29, 1.82) is 0 Å². The average Bonchev–Trinajstić information content (AvgIpc) is 2.23. The van der Waals surface area contributed by atoms with Crippen LogP contribution in [0.1, 0.15) is 11.1 Å². The van der Waals surface area contributed by atoms with E-state index in [9.17, 15) is 0 Å². The van der Waals surface area contributed by atoms with Crippen LogP contribution in [0.4, 0.5) is 0 Å². The van der Waals surface area contributed by atoms with Crippen LogP contribution >= 0.6 is 11.6 Å². The summed E-state index contributed by atoms with van der Waals surface area (Å²) in [6.07, 6.45) is 0. The van der Waals surface area contributed by atoms with Crippen LogP contribution in [-0.4, -0.2) is 25.7 Å². The first-order valence-corrected chi connectivity index (χ1v) is 5.61. The fourth-order valence-electron chi connectivity index (χ4n) is 1.23. The Morgan fingerprint density at radius 2 is 1.93 bits per heavy atom. The van der Waals surface area contributed by atoms with Gasteiger partial charge in [-0.3, -0.25) is 0 Å². The summed E-state index contributed by atoms with van der Waals surface area (Å²) in [6, 6.07) is 6.17. The van der Waals surface area contributed by atoms with Gasteiger partial charge in [-0.2, -0.15) is 0 Å². The van der Waals surface area contributed by atoms with Gasteiger partial charge in [0, 0.05) is 5.88 Å². The molecule has 0 spiro atoms. The third-order valence-corrected chi connectivity index (χ3v) is 2.20. The van der Waals surface area contributed by atoms with Crippen molar-refractivity contribution in [3.05, 3.63) is 29.3 Å². The van der Waals surface area contributed by atoms with Crippen LogP contribution < -0.4 is 4.74 Å². The number of hydrogen-bond acceptors (Lipinski definition) is 2. The number of aryl methyl sites for hydroxylation is 2. The third kappa shape index (κ3) is 4.54. The molecule has 0 atom stereocenters. The molecule has 0 aliphatic carbocycles. The molecule has 0 aliphatic heterocycles. The van der Waals surface area contributed by atoms with Crippen LogP contribution in [0.15, 0.2) is 18.2 Å². The van der Waals surface area contributed by atoms with Crippen LogP contribution in [0.5, 0.6) is 5.75 Å². The molecule has 3 heteroatoms. The minimum absolute atomic E-state index is 0.531. The molecule has 0 radical (unpaired) electrons. The van der Waals surface area contributed by atoms with E-state index in [1.807, 2.05) is 13.0 Å². The summed E-state index contributed by atoms with van der Waals surface area (Å²) in [7, 11) is 0. The van der Waals surface area contributed by atoms with Crippen LogP contribution in [0.3, 0.4) is 0 Å². The molecule has 1 aromatic rings. The summed E-state index contributed by atoms with van der Waals surface area (Å²) in [5, 5.41) is 0. The van der Waals surface area contributed by atoms with E-state index in [0.29, 0.717) is 25.7 Å². The molecular weight excluding hydrogens is 212 g/mol. The van der Waals surface area contributed by atoms with Gasteiger partial charge in [0.25, 0.3) is 0 Å². The molecule has 0 fully saturated rings. The fourth-order valence-corrected chi connectivity index (χ4v) is 1.34. The summed E-state index contributed by atoms with van der Waals surface area (Å²) in [6.45, 7) is 5.82. The SMILES string of the molecule is Cc1ccc(C)c(OCCOCCCl)c1. The zero-order chi connectivity index (χ0) is 11.1. The van der Waals surface area contributed by atoms with Gasteiger partial charge in [0.15, 0.2) is 0 Å². The van der Waals surface area contributed by atoms with E-state index in [4.69, 9.17) is 21.1 Å². The van der Waals surface area contributed by atoms with E-state index < -0.39 is 0 Å². The second kappa shape index (κ2) is 6.70. The number of benzene rings is 1. The molecular formula is C12H17ClO2. The molecule has 0 N–H and O–H groups in total. The molecule has 0 bridgehead atoms. The maximum Gasteiger partial charge on any atom is 0.122 e. The first-order valence-electron chi connectivity index (χ1n) is 5.08. The maximum absolute atomic E-state index is 5.60. The summed E-state index contributed by atoms with van der Waals surface area (Å²) in [5.74, 6) is 1.47. The summed E-state index contributed by atoms with van der Waals surface area (Å²) >= 11 is 5.48. The highest BCUT2D eigenvalue weighted by molar-refractivity contribution is 6.17. The summed E-state index contributed by atoms with van der Waals surface area (Å²) < 4.78 is 10.8. The molecule has 1 aromatic carbocycles. The highest BCUT2D eigenvalue weighted by Gasteiger charge is 1.99. The van der Waals surface area contributed by atoms with Gasteiger partial charge in [-0.15, -0.1) is 11.6 Å². The second-order valence-electron chi connectivity index (χ2n) is 3.42. The smallest absolute Gasteiger partial charge is 0.122 e. The minimum Gasteiger partial charge on any atom is -0.491 e. The van der Waals surface area contributed by atoms with Gasteiger partial charge < -0.3 is 9.47 Å². The number of halogens is 1. The Labute approximate surface area is 96.2 Å². The first-order chi connectivity index (χ1) is 7.24. The molecule has 0 amide bonds. The van der Waals surface area contributed by atoms with Crippen molar-refractivity contribution < 1.29 is 9.47 Å². The fraction of sp³-hybridized carbons (Fsp3) is 0.500. The second-order valence-corrected chi connectivity index (χ2v) is 3.80. The van der Waals surface area contributed by atoms with Crippen LogP contribution in [0.25, 0.3) is 0 Å². The molecule has 0 aliphatic rings. The van der Waals surface area contributed by atoms with E-state index >= 15 is 0 Å². The van der Waals surface area contributed by atoms with Gasteiger partial charge in [0.05, 0.1) is 13.2 Å². The average molecular weight is 229 g/mol. The highest BCUT2D eigenvalue weighted by Crippen LogP contribution is 2.18. The van der Waals surface area contributed by atoms with Crippen molar-refractivity contribution in [3.8, 4) is 5.75 Å². The topological polar surface area (TPSA) is 18.5 Å². The zero-order valence-corrected chi connectivity index (χ0v) is 10.0. The van der Waals surface area contributed by atoms with Crippen molar-refractivity contribution in [2.45, 2.75) is 13.8 Å². The summed E-state index contributed by atoms with van der Waals surface area (Å²) in [5.41, 5.74) is 2.36. The lowest BCUT2D eigenvalue weighted by molar-refractivity contribution is 0.111. The predicted molar refractivity (Wildman–Crippen MR) is 63.0 cm³/mol. The Hall–Kier alpha value is -0.730. The maximum atomic E-state index is 5.60. The molecule has 0 heterocycles.